The first-order chi connectivity index (χ1) is 13.1. The molecule has 1 aromatic heterocycles. The molecule has 4 rings (SSSR count). The van der Waals surface area contributed by atoms with E-state index in [9.17, 15) is 4.39 Å². The summed E-state index contributed by atoms with van der Waals surface area (Å²) < 4.78 is 24.8. The summed E-state index contributed by atoms with van der Waals surface area (Å²) in [6, 6.07) is 12.6. The van der Waals surface area contributed by atoms with Crippen molar-refractivity contribution in [3.8, 4) is 17.1 Å². The van der Waals surface area contributed by atoms with Gasteiger partial charge in [-0.05, 0) is 37.1 Å². The fraction of sp³-hybridized carbons (Fsp3) is 0.300. The Morgan fingerprint density at radius 1 is 1.22 bits per heavy atom. The third-order valence-corrected chi connectivity index (χ3v) is 4.97. The number of benzene rings is 2. The van der Waals surface area contributed by atoms with Gasteiger partial charge in [-0.15, -0.1) is 0 Å². The second-order valence-electron chi connectivity index (χ2n) is 6.58. The highest BCUT2D eigenvalue weighted by atomic mass is 35.5. The van der Waals surface area contributed by atoms with Crippen LogP contribution in [0.5, 0.6) is 5.75 Å². The van der Waals surface area contributed by atoms with Crippen molar-refractivity contribution in [2.45, 2.75) is 32.0 Å². The molecule has 7 heteroatoms. The Bertz CT molecular complexity index is 922. The van der Waals surface area contributed by atoms with Gasteiger partial charge in [0.05, 0.1) is 13.7 Å². The van der Waals surface area contributed by atoms with Gasteiger partial charge in [0.1, 0.15) is 11.6 Å². The number of rotatable bonds is 7. The Balaban J connectivity index is 1.52. The Labute approximate surface area is 161 Å². The quantitative estimate of drug-likeness (QED) is 0.588. The van der Waals surface area contributed by atoms with Gasteiger partial charge >= 0.3 is 0 Å². The minimum absolute atomic E-state index is 0.296. The lowest BCUT2D eigenvalue weighted by molar-refractivity contribution is 0.207. The molecule has 0 unspecified atom stereocenters. The molecule has 0 atom stereocenters. The van der Waals surface area contributed by atoms with Crippen LogP contribution in [0.25, 0.3) is 11.4 Å². The first-order valence-electron chi connectivity index (χ1n) is 8.78. The van der Waals surface area contributed by atoms with Crippen LogP contribution in [0, 0.1) is 5.82 Å². The SMILES string of the molecule is COc1cccc(-c2noc(CN(Cc3c(F)cccc3Cl)C3CC3)n2)c1. The van der Waals surface area contributed by atoms with Crippen molar-refractivity contribution in [2.24, 2.45) is 0 Å². The van der Waals surface area contributed by atoms with E-state index in [4.69, 9.17) is 20.9 Å². The van der Waals surface area contributed by atoms with Gasteiger partial charge in [-0.3, -0.25) is 4.90 Å². The van der Waals surface area contributed by atoms with Crippen LogP contribution in [0.2, 0.25) is 5.02 Å². The standard InChI is InChI=1S/C20H19ClFN3O2/c1-26-15-5-2-4-13(10-15)20-23-19(27-24-20)12-25(14-8-9-14)11-16-17(21)6-3-7-18(16)22/h2-7,10,14H,8-9,11-12H2,1H3. The lowest BCUT2D eigenvalue weighted by Crippen LogP contribution is -2.26. The van der Waals surface area contributed by atoms with Crippen molar-refractivity contribution in [3.05, 3.63) is 64.8 Å². The zero-order chi connectivity index (χ0) is 18.8. The number of hydrogen-bond acceptors (Lipinski definition) is 5. The summed E-state index contributed by atoms with van der Waals surface area (Å²) in [5.41, 5.74) is 1.32. The predicted octanol–water partition coefficient (Wildman–Crippen LogP) is 4.70. The third kappa shape index (κ3) is 4.12. The Morgan fingerprint density at radius 2 is 2.04 bits per heavy atom. The minimum Gasteiger partial charge on any atom is -0.497 e. The van der Waals surface area contributed by atoms with Gasteiger partial charge in [-0.1, -0.05) is 35.0 Å². The maximum absolute atomic E-state index is 14.2. The van der Waals surface area contributed by atoms with Crippen LogP contribution in [0.4, 0.5) is 4.39 Å². The molecule has 0 saturated heterocycles. The molecule has 2 aromatic carbocycles. The Hall–Kier alpha value is -2.44. The molecule has 1 heterocycles. The summed E-state index contributed by atoms with van der Waals surface area (Å²) in [5, 5.41) is 4.50. The molecule has 3 aromatic rings. The first-order valence-corrected chi connectivity index (χ1v) is 9.16. The normalized spacial score (nSPS) is 13.9. The van der Waals surface area contributed by atoms with Gasteiger partial charge in [-0.25, -0.2) is 4.39 Å². The lowest BCUT2D eigenvalue weighted by atomic mass is 10.2. The van der Waals surface area contributed by atoms with Crippen LogP contribution >= 0.6 is 11.6 Å². The van der Waals surface area contributed by atoms with Crippen LogP contribution < -0.4 is 4.74 Å². The molecule has 140 valence electrons. The van der Waals surface area contributed by atoms with E-state index in [0.717, 1.165) is 24.2 Å². The van der Waals surface area contributed by atoms with E-state index in [0.29, 0.717) is 41.4 Å². The number of hydrogen-bond donors (Lipinski definition) is 0. The molecule has 0 amide bonds. The van der Waals surface area contributed by atoms with Crippen molar-refractivity contribution in [3.63, 3.8) is 0 Å². The highest BCUT2D eigenvalue weighted by Crippen LogP contribution is 2.32. The van der Waals surface area contributed by atoms with Crippen molar-refractivity contribution >= 4 is 11.6 Å². The van der Waals surface area contributed by atoms with E-state index >= 15 is 0 Å². The maximum atomic E-state index is 14.2. The molecular formula is C20H19ClFN3O2. The topological polar surface area (TPSA) is 51.4 Å². The van der Waals surface area contributed by atoms with Crippen molar-refractivity contribution < 1.29 is 13.7 Å². The molecule has 0 N–H and O–H groups in total. The van der Waals surface area contributed by atoms with Crippen molar-refractivity contribution in [1.82, 2.24) is 15.0 Å². The van der Waals surface area contributed by atoms with Crippen LogP contribution in [-0.4, -0.2) is 28.2 Å². The first kappa shape index (κ1) is 17.9. The summed E-state index contributed by atoms with van der Waals surface area (Å²) >= 11 is 6.18. The lowest BCUT2D eigenvalue weighted by Gasteiger charge is -2.20. The molecule has 5 nitrogen and oxygen atoms in total. The average Bonchev–Trinajstić information content (AvgIpc) is 3.42. The molecule has 0 aliphatic heterocycles. The second-order valence-corrected chi connectivity index (χ2v) is 6.99. The van der Waals surface area contributed by atoms with Gasteiger partial charge in [0.25, 0.3) is 0 Å². The molecule has 0 radical (unpaired) electrons. The predicted molar refractivity (Wildman–Crippen MR) is 100.0 cm³/mol. The number of aromatic nitrogens is 2. The van der Waals surface area contributed by atoms with E-state index < -0.39 is 0 Å². The average molecular weight is 388 g/mol. The molecule has 27 heavy (non-hydrogen) atoms. The molecular weight excluding hydrogens is 369 g/mol. The van der Waals surface area contributed by atoms with Gasteiger partial charge in [0.15, 0.2) is 0 Å². The Morgan fingerprint density at radius 3 is 2.78 bits per heavy atom. The minimum atomic E-state index is -0.296. The van der Waals surface area contributed by atoms with Crippen LogP contribution in [0.3, 0.4) is 0 Å². The maximum Gasteiger partial charge on any atom is 0.241 e. The summed E-state index contributed by atoms with van der Waals surface area (Å²) in [6.07, 6.45) is 2.14. The molecule has 1 fully saturated rings. The number of methoxy groups -OCH3 is 1. The highest BCUT2D eigenvalue weighted by Gasteiger charge is 2.31. The van der Waals surface area contributed by atoms with E-state index in [1.165, 1.54) is 6.07 Å². The van der Waals surface area contributed by atoms with E-state index in [1.54, 1.807) is 19.2 Å². The van der Waals surface area contributed by atoms with E-state index in [2.05, 4.69) is 15.0 Å². The third-order valence-electron chi connectivity index (χ3n) is 4.62. The van der Waals surface area contributed by atoms with Crippen LogP contribution in [0.15, 0.2) is 47.0 Å². The monoisotopic (exact) mass is 387 g/mol. The van der Waals surface area contributed by atoms with Crippen molar-refractivity contribution in [2.75, 3.05) is 7.11 Å². The summed E-state index contributed by atoms with van der Waals surface area (Å²) in [4.78, 5) is 6.62. The van der Waals surface area contributed by atoms with Crippen molar-refractivity contribution in [1.29, 1.82) is 0 Å². The zero-order valence-electron chi connectivity index (χ0n) is 14.9. The number of nitrogens with zero attached hydrogens (tertiary/aromatic N) is 3. The van der Waals surface area contributed by atoms with Gasteiger partial charge < -0.3 is 9.26 Å². The van der Waals surface area contributed by atoms with Crippen LogP contribution in [0.1, 0.15) is 24.3 Å². The van der Waals surface area contributed by atoms with Gasteiger partial charge in [0, 0.05) is 28.7 Å². The van der Waals surface area contributed by atoms with Gasteiger partial charge in [0.2, 0.25) is 11.7 Å². The summed E-state index contributed by atoms with van der Waals surface area (Å²) in [6.45, 7) is 0.860. The summed E-state index contributed by atoms with van der Waals surface area (Å²) in [5.74, 6) is 1.43. The molecule has 1 aliphatic carbocycles. The molecule has 0 spiro atoms. The molecule has 1 saturated carbocycles. The van der Waals surface area contributed by atoms with Crippen LogP contribution in [-0.2, 0) is 13.1 Å². The van der Waals surface area contributed by atoms with E-state index in [-0.39, 0.29) is 5.82 Å². The number of halogens is 2. The fourth-order valence-electron chi connectivity index (χ4n) is 3.01. The largest absolute Gasteiger partial charge is 0.497 e. The number of ether oxygens (including phenoxy) is 1. The smallest absolute Gasteiger partial charge is 0.241 e. The molecule has 1 aliphatic rings. The van der Waals surface area contributed by atoms with Gasteiger partial charge in [-0.2, -0.15) is 4.98 Å². The zero-order valence-corrected chi connectivity index (χ0v) is 15.6. The summed E-state index contributed by atoms with van der Waals surface area (Å²) in [7, 11) is 1.61. The fourth-order valence-corrected chi connectivity index (χ4v) is 3.24. The molecule has 0 bridgehead atoms. The van der Waals surface area contributed by atoms with E-state index in [1.807, 2.05) is 24.3 Å². The second kappa shape index (κ2) is 7.66. The Kier molecular flexibility index (Phi) is 5.09. The highest BCUT2D eigenvalue weighted by molar-refractivity contribution is 6.31.